The van der Waals surface area contributed by atoms with Crippen LogP contribution in [0.4, 0.5) is 5.69 Å². The Morgan fingerprint density at radius 2 is 1.73 bits per heavy atom. The van der Waals surface area contributed by atoms with E-state index in [2.05, 4.69) is 21.2 Å². The minimum absolute atomic E-state index is 0.0519. The Morgan fingerprint density at radius 1 is 1.02 bits per heavy atom. The first-order chi connectivity index (χ1) is 21.1. The molecule has 44 heavy (non-hydrogen) atoms. The quantitative estimate of drug-likeness (QED) is 0.201. The third-order valence-corrected chi connectivity index (χ3v) is 10.7. The van der Waals surface area contributed by atoms with Gasteiger partial charge in [-0.2, -0.15) is 0 Å². The summed E-state index contributed by atoms with van der Waals surface area (Å²) in [6.45, 7) is 3.43. The molecule has 0 heterocycles. The van der Waals surface area contributed by atoms with E-state index >= 15 is 0 Å². The molecule has 8 nitrogen and oxygen atoms in total. The van der Waals surface area contributed by atoms with Gasteiger partial charge in [-0.05, 0) is 87.0 Å². The van der Waals surface area contributed by atoms with Crippen molar-refractivity contribution in [3.63, 3.8) is 0 Å². The lowest BCUT2D eigenvalue weighted by atomic mass is 9.95. The van der Waals surface area contributed by atoms with Crippen molar-refractivity contribution in [2.24, 2.45) is 0 Å². The molecule has 3 aromatic rings. The molecule has 2 amide bonds. The van der Waals surface area contributed by atoms with Crippen LogP contribution in [0.5, 0.6) is 5.75 Å². The number of halogens is 1. The molecule has 0 aromatic heterocycles. The summed E-state index contributed by atoms with van der Waals surface area (Å²) in [6.07, 6.45) is 7.01. The number of hydrogen-bond acceptors (Lipinski definition) is 6. The number of hydrogen-bond donors (Lipinski definition) is 1. The summed E-state index contributed by atoms with van der Waals surface area (Å²) in [5, 5.41) is 3.13. The molecular formula is C33H40BrN3O5S2. The fourth-order valence-electron chi connectivity index (χ4n) is 5.31. The van der Waals surface area contributed by atoms with Crippen LogP contribution in [0.15, 0.2) is 87.1 Å². The molecule has 3 aromatic carbocycles. The van der Waals surface area contributed by atoms with Gasteiger partial charge in [0, 0.05) is 22.0 Å². The van der Waals surface area contributed by atoms with Crippen LogP contribution in [0.2, 0.25) is 0 Å². The van der Waals surface area contributed by atoms with E-state index in [4.69, 9.17) is 4.74 Å². The molecule has 0 bridgehead atoms. The highest BCUT2D eigenvalue weighted by molar-refractivity contribution is 9.10. The topological polar surface area (TPSA) is 96.0 Å². The predicted octanol–water partition coefficient (Wildman–Crippen LogP) is 6.63. The number of thioether (sulfide) groups is 1. The van der Waals surface area contributed by atoms with Crippen LogP contribution < -0.4 is 14.4 Å². The van der Waals surface area contributed by atoms with Crippen molar-refractivity contribution in [2.45, 2.75) is 74.4 Å². The molecule has 4 rings (SSSR count). The Hall–Kier alpha value is -3.02. The van der Waals surface area contributed by atoms with Crippen LogP contribution in [0.1, 0.15) is 51.5 Å². The SMILES string of the molecule is CCOc1ccccc1N(CC(=O)N(Cc1cccc(Br)c1)C(C)C(=O)NC1CCCCC1)S(=O)(=O)c1ccc(SC)cc1. The van der Waals surface area contributed by atoms with Crippen LogP contribution >= 0.6 is 27.7 Å². The van der Waals surface area contributed by atoms with Gasteiger partial charge in [-0.3, -0.25) is 13.9 Å². The van der Waals surface area contributed by atoms with Gasteiger partial charge in [0.2, 0.25) is 11.8 Å². The van der Waals surface area contributed by atoms with Gasteiger partial charge < -0.3 is 15.0 Å². The second kappa shape index (κ2) is 15.8. The first-order valence-corrected chi connectivity index (χ1v) is 18.3. The van der Waals surface area contributed by atoms with Crippen LogP contribution in [0.25, 0.3) is 0 Å². The third-order valence-electron chi connectivity index (χ3n) is 7.72. The van der Waals surface area contributed by atoms with E-state index in [0.717, 1.165) is 51.3 Å². The van der Waals surface area contributed by atoms with Crippen molar-refractivity contribution in [3.05, 3.63) is 82.8 Å². The van der Waals surface area contributed by atoms with Crippen molar-refractivity contribution in [1.29, 1.82) is 0 Å². The number of amides is 2. The molecular weight excluding hydrogens is 662 g/mol. The normalized spacial score (nSPS) is 14.5. The zero-order valence-corrected chi connectivity index (χ0v) is 28.6. The molecule has 1 saturated carbocycles. The molecule has 1 aliphatic carbocycles. The number of anilines is 1. The van der Waals surface area contributed by atoms with E-state index in [-0.39, 0.29) is 29.1 Å². The highest BCUT2D eigenvalue weighted by atomic mass is 79.9. The standard InChI is InChI=1S/C33H40BrN3O5S2/c1-4-42-31-16-9-8-15-30(31)37(44(40,41)29-19-17-28(43-3)18-20-29)23-32(38)36(22-25-11-10-12-26(34)21-25)24(2)33(39)35-27-13-6-5-7-14-27/h8-12,15-21,24,27H,4-7,13-14,22-23H2,1-3H3,(H,35,39). The largest absolute Gasteiger partial charge is 0.492 e. The van der Waals surface area contributed by atoms with E-state index in [1.165, 1.54) is 16.7 Å². The summed E-state index contributed by atoms with van der Waals surface area (Å²) in [6, 6.07) is 20.1. The summed E-state index contributed by atoms with van der Waals surface area (Å²) >= 11 is 5.00. The first kappa shape index (κ1) is 33.9. The van der Waals surface area contributed by atoms with Gasteiger partial charge in [0.25, 0.3) is 10.0 Å². The predicted molar refractivity (Wildman–Crippen MR) is 180 cm³/mol. The van der Waals surface area contributed by atoms with Crippen molar-refractivity contribution in [3.8, 4) is 5.75 Å². The van der Waals surface area contributed by atoms with E-state index in [0.29, 0.717) is 12.4 Å². The number of para-hydroxylation sites is 2. The van der Waals surface area contributed by atoms with Crippen LogP contribution in [-0.4, -0.2) is 56.6 Å². The van der Waals surface area contributed by atoms with Gasteiger partial charge in [-0.25, -0.2) is 8.42 Å². The van der Waals surface area contributed by atoms with Crippen molar-refractivity contribution < 1.29 is 22.7 Å². The van der Waals surface area contributed by atoms with Crippen molar-refractivity contribution in [1.82, 2.24) is 10.2 Å². The van der Waals surface area contributed by atoms with Gasteiger partial charge in [-0.1, -0.05) is 59.5 Å². The lowest BCUT2D eigenvalue weighted by Crippen LogP contribution is -2.53. The second-order valence-corrected chi connectivity index (χ2v) is 14.4. The fourth-order valence-corrected chi connectivity index (χ4v) is 7.59. The van der Waals surface area contributed by atoms with Gasteiger partial charge >= 0.3 is 0 Å². The zero-order chi connectivity index (χ0) is 31.7. The maximum Gasteiger partial charge on any atom is 0.264 e. The summed E-state index contributed by atoms with van der Waals surface area (Å²) in [5.74, 6) is -0.419. The Labute approximate surface area is 273 Å². The highest BCUT2D eigenvalue weighted by Gasteiger charge is 2.34. The zero-order valence-electron chi connectivity index (χ0n) is 25.4. The Balaban J connectivity index is 1.72. The lowest BCUT2D eigenvalue weighted by Gasteiger charge is -2.33. The van der Waals surface area contributed by atoms with Gasteiger partial charge in [0.05, 0.1) is 17.2 Å². The number of carbonyl (C=O) groups is 2. The monoisotopic (exact) mass is 701 g/mol. The average Bonchev–Trinajstić information content (AvgIpc) is 3.03. The number of ether oxygens (including phenoxy) is 1. The first-order valence-electron chi connectivity index (χ1n) is 14.9. The Kier molecular flexibility index (Phi) is 12.2. The molecule has 1 aliphatic rings. The smallest absolute Gasteiger partial charge is 0.264 e. The van der Waals surface area contributed by atoms with Gasteiger partial charge in [-0.15, -0.1) is 11.8 Å². The van der Waals surface area contributed by atoms with E-state index in [9.17, 15) is 18.0 Å². The minimum Gasteiger partial charge on any atom is -0.492 e. The number of nitrogens with one attached hydrogen (secondary N) is 1. The molecule has 0 saturated heterocycles. The number of carbonyl (C=O) groups excluding carboxylic acids is 2. The molecule has 1 atom stereocenters. The molecule has 236 valence electrons. The van der Waals surface area contributed by atoms with Gasteiger partial charge in [0.15, 0.2) is 0 Å². The molecule has 0 spiro atoms. The number of rotatable bonds is 13. The van der Waals surface area contributed by atoms with E-state index < -0.39 is 28.5 Å². The lowest BCUT2D eigenvalue weighted by molar-refractivity contribution is -0.139. The van der Waals surface area contributed by atoms with Crippen molar-refractivity contribution >= 4 is 55.2 Å². The maximum atomic E-state index is 14.3. The molecule has 11 heteroatoms. The molecule has 1 fully saturated rings. The molecule has 1 N–H and O–H groups in total. The fraction of sp³-hybridized carbons (Fsp3) is 0.394. The van der Waals surface area contributed by atoms with Crippen LogP contribution in [0, 0.1) is 0 Å². The van der Waals surface area contributed by atoms with E-state index in [1.54, 1.807) is 55.5 Å². The van der Waals surface area contributed by atoms with Gasteiger partial charge in [0.1, 0.15) is 18.3 Å². The third kappa shape index (κ3) is 8.57. The molecule has 1 unspecified atom stereocenters. The Morgan fingerprint density at radius 3 is 2.39 bits per heavy atom. The molecule has 0 aliphatic heterocycles. The minimum atomic E-state index is -4.21. The maximum absolute atomic E-state index is 14.3. The average molecular weight is 703 g/mol. The summed E-state index contributed by atoms with van der Waals surface area (Å²) < 4.78 is 36.2. The number of benzene rings is 3. The van der Waals surface area contributed by atoms with Crippen LogP contribution in [-0.2, 0) is 26.2 Å². The number of nitrogens with zero attached hydrogens (tertiary/aromatic N) is 2. The highest BCUT2D eigenvalue weighted by Crippen LogP contribution is 2.33. The van der Waals surface area contributed by atoms with Crippen LogP contribution in [0.3, 0.4) is 0 Å². The second-order valence-electron chi connectivity index (χ2n) is 10.8. The molecule has 0 radical (unpaired) electrons. The Bertz CT molecular complexity index is 1530. The summed E-state index contributed by atoms with van der Waals surface area (Å²) in [7, 11) is -4.21. The van der Waals surface area contributed by atoms with Crippen molar-refractivity contribution in [2.75, 3.05) is 23.7 Å². The summed E-state index contributed by atoms with van der Waals surface area (Å²) in [5.41, 5.74) is 1.06. The number of sulfonamides is 1. The summed E-state index contributed by atoms with van der Waals surface area (Å²) in [4.78, 5) is 30.2. The van der Waals surface area contributed by atoms with E-state index in [1.807, 2.05) is 37.4 Å².